The van der Waals surface area contributed by atoms with Crippen LogP contribution in [0.15, 0.2) is 217 Å². The van der Waals surface area contributed by atoms with Crippen LogP contribution < -0.4 is 4.90 Å². The number of rotatable bonds is 6. The first kappa shape index (κ1) is 32.0. The summed E-state index contributed by atoms with van der Waals surface area (Å²) < 4.78 is 6.46. The number of hydrogen-bond donors (Lipinski definition) is 0. The maximum Gasteiger partial charge on any atom is 0.137 e. The SMILES string of the molecule is c1ccc(-c2c(-c3ccccc3)c3cc(N(c4ccc(-c5ccc6ccccc6c5)cc4)c4cccc5oc6ccccc6c45)ccc3c3ccccc23)cc1. The van der Waals surface area contributed by atoms with Gasteiger partial charge in [0.05, 0.1) is 11.1 Å². The summed E-state index contributed by atoms with van der Waals surface area (Å²) in [5.74, 6) is 0. The highest BCUT2D eigenvalue weighted by Gasteiger charge is 2.22. The van der Waals surface area contributed by atoms with E-state index in [4.69, 9.17) is 4.42 Å². The van der Waals surface area contributed by atoms with E-state index in [1.807, 2.05) is 6.07 Å². The van der Waals surface area contributed by atoms with Gasteiger partial charge in [-0.3, -0.25) is 0 Å². The molecule has 1 aromatic heterocycles. The maximum atomic E-state index is 6.46. The van der Waals surface area contributed by atoms with Crippen molar-refractivity contribution in [3.05, 3.63) is 212 Å². The van der Waals surface area contributed by atoms with Gasteiger partial charge >= 0.3 is 0 Å². The van der Waals surface area contributed by atoms with Crippen LogP contribution >= 0.6 is 0 Å². The number of nitrogens with zero attached hydrogens (tertiary/aromatic N) is 1. The van der Waals surface area contributed by atoms with E-state index in [0.29, 0.717) is 0 Å². The molecule has 56 heavy (non-hydrogen) atoms. The van der Waals surface area contributed by atoms with E-state index in [1.165, 1.54) is 65.7 Å². The van der Waals surface area contributed by atoms with Crippen LogP contribution in [0.5, 0.6) is 0 Å². The first-order chi connectivity index (χ1) is 27.8. The third-order valence-electron chi connectivity index (χ3n) is 11.2. The van der Waals surface area contributed by atoms with Gasteiger partial charge in [-0.25, -0.2) is 0 Å². The van der Waals surface area contributed by atoms with Crippen LogP contribution in [0, 0.1) is 0 Å². The monoisotopic (exact) mass is 713 g/mol. The van der Waals surface area contributed by atoms with E-state index in [0.717, 1.165) is 39.0 Å². The molecule has 0 saturated carbocycles. The summed E-state index contributed by atoms with van der Waals surface area (Å²) in [6.45, 7) is 0. The van der Waals surface area contributed by atoms with Crippen LogP contribution in [0.3, 0.4) is 0 Å². The number of anilines is 3. The van der Waals surface area contributed by atoms with Gasteiger partial charge in [0.2, 0.25) is 0 Å². The average molecular weight is 714 g/mol. The van der Waals surface area contributed by atoms with Gasteiger partial charge in [-0.15, -0.1) is 0 Å². The second-order valence-electron chi connectivity index (χ2n) is 14.5. The zero-order chi connectivity index (χ0) is 37.0. The summed E-state index contributed by atoms with van der Waals surface area (Å²) in [6, 6.07) is 76.5. The van der Waals surface area contributed by atoms with Crippen molar-refractivity contribution >= 4 is 71.3 Å². The molecule has 0 amide bonds. The number of para-hydroxylation sites is 1. The normalized spacial score (nSPS) is 11.6. The molecule has 262 valence electrons. The molecular formula is C54H35NO. The molecule has 2 nitrogen and oxygen atoms in total. The molecule has 0 radical (unpaired) electrons. The fourth-order valence-electron chi connectivity index (χ4n) is 8.67. The smallest absolute Gasteiger partial charge is 0.137 e. The molecule has 0 N–H and O–H groups in total. The molecule has 0 spiro atoms. The summed E-state index contributed by atoms with van der Waals surface area (Å²) in [5, 5.41) is 9.58. The standard InChI is InChI=1S/C54H35NO/c1-3-15-38(16-4-1)52-46-21-10-9-20-44(46)45-33-32-43(35-48(45)53(52)39-17-5-2-6-18-39)55(49-23-13-25-51-54(49)47-22-11-12-24-50(47)56-51)42-30-28-37(29-31-42)41-27-26-36-14-7-8-19-40(36)34-41/h1-35H. The van der Waals surface area contributed by atoms with Crippen LogP contribution in [0.1, 0.15) is 0 Å². The number of furan rings is 1. The van der Waals surface area contributed by atoms with Crippen molar-refractivity contribution in [1.29, 1.82) is 0 Å². The molecule has 0 fully saturated rings. The van der Waals surface area contributed by atoms with Crippen molar-refractivity contribution in [3.8, 4) is 33.4 Å². The van der Waals surface area contributed by atoms with Gasteiger partial charge < -0.3 is 9.32 Å². The second-order valence-corrected chi connectivity index (χ2v) is 14.5. The highest BCUT2D eigenvalue weighted by molar-refractivity contribution is 6.22. The van der Waals surface area contributed by atoms with Crippen molar-refractivity contribution < 1.29 is 4.42 Å². The van der Waals surface area contributed by atoms with E-state index >= 15 is 0 Å². The summed E-state index contributed by atoms with van der Waals surface area (Å²) >= 11 is 0. The first-order valence-electron chi connectivity index (χ1n) is 19.2. The van der Waals surface area contributed by atoms with Crippen molar-refractivity contribution in [2.24, 2.45) is 0 Å². The van der Waals surface area contributed by atoms with Crippen LogP contribution in [0.25, 0.3) is 87.6 Å². The molecule has 0 aliphatic carbocycles. The predicted molar refractivity (Wildman–Crippen MR) is 237 cm³/mol. The molecule has 0 aliphatic rings. The molecule has 1 heterocycles. The zero-order valence-electron chi connectivity index (χ0n) is 30.6. The van der Waals surface area contributed by atoms with Gasteiger partial charge in [0, 0.05) is 16.8 Å². The Kier molecular flexibility index (Phi) is 7.53. The number of fused-ring (bicyclic) bond motifs is 7. The average Bonchev–Trinajstić information content (AvgIpc) is 3.66. The highest BCUT2D eigenvalue weighted by Crippen LogP contribution is 2.48. The second kappa shape index (κ2) is 13.2. The van der Waals surface area contributed by atoms with Gasteiger partial charge in [0.25, 0.3) is 0 Å². The Balaban J connectivity index is 1.19. The third kappa shape index (κ3) is 5.26. The van der Waals surface area contributed by atoms with E-state index in [1.54, 1.807) is 0 Å². The molecule has 0 unspecified atom stereocenters. The highest BCUT2D eigenvalue weighted by atomic mass is 16.3. The van der Waals surface area contributed by atoms with Gasteiger partial charge in [-0.05, 0) is 114 Å². The topological polar surface area (TPSA) is 16.4 Å². The van der Waals surface area contributed by atoms with E-state index in [-0.39, 0.29) is 0 Å². The predicted octanol–water partition coefficient (Wildman–Crippen LogP) is 15.5. The summed E-state index contributed by atoms with van der Waals surface area (Å²) in [5.41, 5.74) is 12.2. The Morgan fingerprint density at radius 1 is 0.304 bits per heavy atom. The van der Waals surface area contributed by atoms with Crippen LogP contribution in [0.2, 0.25) is 0 Å². The lowest BCUT2D eigenvalue weighted by atomic mass is 9.85. The lowest BCUT2D eigenvalue weighted by Gasteiger charge is -2.28. The molecule has 0 atom stereocenters. The minimum Gasteiger partial charge on any atom is -0.456 e. The number of benzene rings is 10. The number of hydrogen-bond acceptors (Lipinski definition) is 2. The Labute approximate surface area is 325 Å². The van der Waals surface area contributed by atoms with Gasteiger partial charge in [0.1, 0.15) is 11.2 Å². The summed E-state index contributed by atoms with van der Waals surface area (Å²) in [7, 11) is 0. The quantitative estimate of drug-likeness (QED) is 0.160. The minimum atomic E-state index is 0.865. The summed E-state index contributed by atoms with van der Waals surface area (Å²) in [6.07, 6.45) is 0. The van der Waals surface area contributed by atoms with Crippen molar-refractivity contribution in [1.82, 2.24) is 0 Å². The van der Waals surface area contributed by atoms with Crippen LogP contribution in [-0.4, -0.2) is 0 Å². The minimum absolute atomic E-state index is 0.865. The van der Waals surface area contributed by atoms with Crippen molar-refractivity contribution in [2.45, 2.75) is 0 Å². The molecule has 11 rings (SSSR count). The molecule has 0 aliphatic heterocycles. The Bertz CT molecular complexity index is 3230. The van der Waals surface area contributed by atoms with Crippen LogP contribution in [-0.2, 0) is 0 Å². The van der Waals surface area contributed by atoms with Crippen LogP contribution in [0.4, 0.5) is 17.1 Å². The molecular weight excluding hydrogens is 679 g/mol. The van der Waals surface area contributed by atoms with E-state index in [2.05, 4.69) is 211 Å². The molecule has 10 aromatic carbocycles. The Morgan fingerprint density at radius 3 is 1.64 bits per heavy atom. The Morgan fingerprint density at radius 2 is 0.875 bits per heavy atom. The molecule has 11 aromatic rings. The summed E-state index contributed by atoms with van der Waals surface area (Å²) in [4.78, 5) is 2.40. The molecule has 0 bridgehead atoms. The molecule has 2 heteroatoms. The zero-order valence-corrected chi connectivity index (χ0v) is 30.6. The third-order valence-corrected chi connectivity index (χ3v) is 11.2. The van der Waals surface area contributed by atoms with Gasteiger partial charge in [-0.2, -0.15) is 0 Å². The first-order valence-corrected chi connectivity index (χ1v) is 19.2. The maximum absolute atomic E-state index is 6.46. The van der Waals surface area contributed by atoms with E-state index in [9.17, 15) is 0 Å². The lowest BCUT2D eigenvalue weighted by Crippen LogP contribution is -2.10. The fraction of sp³-hybridized carbons (Fsp3) is 0. The van der Waals surface area contributed by atoms with Crippen molar-refractivity contribution in [3.63, 3.8) is 0 Å². The molecule has 0 saturated heterocycles. The lowest BCUT2D eigenvalue weighted by molar-refractivity contribution is 0.669. The fourth-order valence-corrected chi connectivity index (χ4v) is 8.67. The van der Waals surface area contributed by atoms with Gasteiger partial charge in [0.15, 0.2) is 0 Å². The van der Waals surface area contributed by atoms with Crippen molar-refractivity contribution in [2.75, 3.05) is 4.90 Å². The van der Waals surface area contributed by atoms with Gasteiger partial charge in [-0.1, -0.05) is 164 Å². The Hall–Kier alpha value is -7.42. The van der Waals surface area contributed by atoms with E-state index < -0.39 is 0 Å². The largest absolute Gasteiger partial charge is 0.456 e.